The molecule has 218 valence electrons. The normalized spacial score (nSPS) is 19.0. The highest BCUT2D eigenvalue weighted by molar-refractivity contribution is 6.04. The Morgan fingerprint density at radius 3 is 2.20 bits per heavy atom. The second-order valence-corrected chi connectivity index (χ2v) is 10.6. The van der Waals surface area contributed by atoms with Crippen LogP contribution >= 0.6 is 0 Å². The van der Waals surface area contributed by atoms with E-state index >= 15 is 0 Å². The molecule has 10 nitrogen and oxygen atoms in total. The van der Waals surface area contributed by atoms with Crippen molar-refractivity contribution >= 4 is 29.3 Å². The molecule has 2 aromatic carbocycles. The van der Waals surface area contributed by atoms with Crippen LogP contribution in [0, 0.1) is 5.92 Å². The summed E-state index contributed by atoms with van der Waals surface area (Å²) in [5.74, 6) is -2.07. The number of amides is 4. The van der Waals surface area contributed by atoms with Crippen LogP contribution in [-0.4, -0.2) is 90.1 Å². The first-order valence-electron chi connectivity index (χ1n) is 13.8. The summed E-state index contributed by atoms with van der Waals surface area (Å²) in [4.78, 5) is 60.2. The zero-order valence-electron chi connectivity index (χ0n) is 24.0. The predicted molar refractivity (Wildman–Crippen MR) is 153 cm³/mol. The third-order valence-corrected chi connectivity index (χ3v) is 7.25. The lowest BCUT2D eigenvalue weighted by molar-refractivity contribution is -0.162. The molecular formula is C31H38N4O6. The summed E-state index contributed by atoms with van der Waals surface area (Å²) < 4.78 is 10.6. The Morgan fingerprint density at radius 1 is 1.02 bits per heavy atom. The average Bonchev–Trinajstić information content (AvgIpc) is 2.97. The Labute approximate surface area is 240 Å². The molecule has 0 radical (unpaired) electrons. The third kappa shape index (κ3) is 6.34. The molecular weight excluding hydrogens is 524 g/mol. The zero-order valence-corrected chi connectivity index (χ0v) is 24.0. The van der Waals surface area contributed by atoms with Gasteiger partial charge in [0.15, 0.2) is 0 Å². The fourth-order valence-electron chi connectivity index (χ4n) is 5.49. The molecule has 0 spiro atoms. The molecule has 2 aromatic rings. The summed E-state index contributed by atoms with van der Waals surface area (Å²) in [6.45, 7) is 6.12. The minimum Gasteiger partial charge on any atom is -0.378 e. The van der Waals surface area contributed by atoms with Crippen LogP contribution in [0.4, 0.5) is 0 Å². The molecule has 0 saturated carbocycles. The summed E-state index contributed by atoms with van der Waals surface area (Å²) in [7, 11) is 1.42. The molecule has 4 amide bonds. The maximum absolute atomic E-state index is 14.8. The van der Waals surface area contributed by atoms with Crippen LogP contribution in [0.5, 0.6) is 0 Å². The van der Waals surface area contributed by atoms with Crippen LogP contribution in [0.2, 0.25) is 0 Å². The van der Waals surface area contributed by atoms with Gasteiger partial charge in [0.1, 0.15) is 12.6 Å². The molecule has 41 heavy (non-hydrogen) atoms. The van der Waals surface area contributed by atoms with Gasteiger partial charge in [-0.25, -0.2) is 0 Å². The van der Waals surface area contributed by atoms with E-state index in [1.54, 1.807) is 23.2 Å². The molecule has 4 rings (SSSR count). The van der Waals surface area contributed by atoms with Gasteiger partial charge in [0, 0.05) is 39.7 Å². The van der Waals surface area contributed by atoms with Crippen molar-refractivity contribution in [1.82, 2.24) is 20.0 Å². The van der Waals surface area contributed by atoms with Crippen LogP contribution in [0.25, 0.3) is 5.70 Å². The SMILES string of the molecule is COCC(=O)N1C=C(c2ccccc2)N([C@](Cc2ccccc2)(NC(C)=O)C(=O)N2CCOCC2)C(=O)C1C(C)C. The fourth-order valence-corrected chi connectivity index (χ4v) is 5.49. The van der Waals surface area contributed by atoms with Crippen molar-refractivity contribution in [3.8, 4) is 0 Å². The average molecular weight is 563 g/mol. The molecule has 1 N–H and O–H groups in total. The predicted octanol–water partition coefficient (Wildman–Crippen LogP) is 2.26. The Kier molecular flexibility index (Phi) is 9.57. The molecule has 2 aliphatic rings. The van der Waals surface area contributed by atoms with E-state index in [-0.39, 0.29) is 24.9 Å². The van der Waals surface area contributed by atoms with Gasteiger partial charge in [-0.2, -0.15) is 0 Å². The van der Waals surface area contributed by atoms with Crippen LogP contribution < -0.4 is 5.32 Å². The van der Waals surface area contributed by atoms with Crippen LogP contribution in [-0.2, 0) is 35.1 Å². The Hall–Kier alpha value is -4.02. The minimum atomic E-state index is -1.83. The number of hydrogen-bond acceptors (Lipinski definition) is 6. The van der Waals surface area contributed by atoms with E-state index < -0.39 is 29.4 Å². The van der Waals surface area contributed by atoms with Gasteiger partial charge in [0.05, 0.1) is 18.9 Å². The molecule has 1 saturated heterocycles. The van der Waals surface area contributed by atoms with E-state index in [0.29, 0.717) is 37.6 Å². The lowest BCUT2D eigenvalue weighted by Gasteiger charge is -2.51. The van der Waals surface area contributed by atoms with Crippen molar-refractivity contribution in [3.63, 3.8) is 0 Å². The number of benzene rings is 2. The van der Waals surface area contributed by atoms with Gasteiger partial charge in [-0.3, -0.25) is 24.1 Å². The molecule has 0 aliphatic carbocycles. The van der Waals surface area contributed by atoms with Gasteiger partial charge >= 0.3 is 0 Å². The first-order chi connectivity index (χ1) is 19.7. The van der Waals surface area contributed by atoms with Crippen molar-refractivity contribution < 1.29 is 28.7 Å². The van der Waals surface area contributed by atoms with E-state index in [1.807, 2.05) is 62.4 Å². The number of carbonyl (C=O) groups excluding carboxylic acids is 4. The van der Waals surface area contributed by atoms with Gasteiger partial charge in [0.25, 0.3) is 17.7 Å². The molecule has 2 heterocycles. The number of carbonyl (C=O) groups is 4. The number of methoxy groups -OCH3 is 1. The summed E-state index contributed by atoms with van der Waals surface area (Å²) in [6, 6.07) is 17.4. The number of hydrogen-bond donors (Lipinski definition) is 1. The summed E-state index contributed by atoms with van der Waals surface area (Å²) in [6.07, 6.45) is 1.62. The summed E-state index contributed by atoms with van der Waals surface area (Å²) in [5.41, 5.74) is -0.145. The van der Waals surface area contributed by atoms with Crippen molar-refractivity contribution in [3.05, 3.63) is 78.0 Å². The number of morpholine rings is 1. The Balaban J connectivity index is 2.01. The first-order valence-corrected chi connectivity index (χ1v) is 13.8. The highest BCUT2D eigenvalue weighted by Crippen LogP contribution is 2.37. The van der Waals surface area contributed by atoms with Crippen LogP contribution in [0.3, 0.4) is 0 Å². The van der Waals surface area contributed by atoms with E-state index in [2.05, 4.69) is 5.32 Å². The lowest BCUT2D eigenvalue weighted by Crippen LogP contribution is -2.74. The van der Waals surface area contributed by atoms with E-state index in [1.165, 1.54) is 23.8 Å². The van der Waals surface area contributed by atoms with E-state index in [9.17, 15) is 19.2 Å². The largest absolute Gasteiger partial charge is 0.378 e. The number of nitrogens with one attached hydrogen (secondary N) is 1. The quantitative estimate of drug-likeness (QED) is 0.503. The van der Waals surface area contributed by atoms with Crippen molar-refractivity contribution in [2.75, 3.05) is 40.0 Å². The van der Waals surface area contributed by atoms with Gasteiger partial charge in [-0.05, 0) is 17.0 Å². The van der Waals surface area contributed by atoms with Gasteiger partial charge in [-0.15, -0.1) is 0 Å². The van der Waals surface area contributed by atoms with Gasteiger partial charge in [0.2, 0.25) is 11.6 Å². The smallest absolute Gasteiger partial charge is 0.270 e. The number of ether oxygens (including phenoxy) is 2. The van der Waals surface area contributed by atoms with Crippen molar-refractivity contribution in [2.45, 2.75) is 38.9 Å². The van der Waals surface area contributed by atoms with Gasteiger partial charge < -0.3 is 24.6 Å². The zero-order chi connectivity index (χ0) is 29.6. The second-order valence-electron chi connectivity index (χ2n) is 10.6. The highest BCUT2D eigenvalue weighted by Gasteiger charge is 2.55. The van der Waals surface area contributed by atoms with E-state index in [4.69, 9.17) is 9.47 Å². The number of nitrogens with zero attached hydrogens (tertiary/aromatic N) is 3. The van der Waals surface area contributed by atoms with Crippen LogP contribution in [0.15, 0.2) is 66.9 Å². The number of rotatable bonds is 9. The van der Waals surface area contributed by atoms with Crippen molar-refractivity contribution in [2.24, 2.45) is 5.92 Å². The Morgan fingerprint density at radius 2 is 1.63 bits per heavy atom. The lowest BCUT2D eigenvalue weighted by atomic mass is 9.89. The highest BCUT2D eigenvalue weighted by atomic mass is 16.5. The molecule has 10 heteroatoms. The molecule has 1 fully saturated rings. The Bertz CT molecular complexity index is 1280. The maximum atomic E-state index is 14.8. The second kappa shape index (κ2) is 13.1. The molecule has 2 aliphatic heterocycles. The summed E-state index contributed by atoms with van der Waals surface area (Å²) in [5, 5.41) is 2.93. The standard InChI is InChI=1S/C31H38N4O6/c1-22(2)28-29(38)35(26(25-13-9-6-10-14-25)20-34(28)27(37)21-40-4)31(32-23(3)36,19-24-11-7-5-8-12-24)30(39)33-15-17-41-18-16-33/h5-14,20,22,28H,15-19,21H2,1-4H3,(H,32,36)/t28?,31-/m0/s1. The third-order valence-electron chi connectivity index (χ3n) is 7.25. The molecule has 1 unspecified atom stereocenters. The molecule has 0 bridgehead atoms. The van der Waals surface area contributed by atoms with Gasteiger partial charge in [-0.1, -0.05) is 74.5 Å². The monoisotopic (exact) mass is 562 g/mol. The fraction of sp³-hybridized carbons (Fsp3) is 0.419. The van der Waals surface area contributed by atoms with Crippen molar-refractivity contribution in [1.29, 1.82) is 0 Å². The summed E-state index contributed by atoms with van der Waals surface area (Å²) >= 11 is 0. The minimum absolute atomic E-state index is 0.0103. The topological polar surface area (TPSA) is 108 Å². The van der Waals surface area contributed by atoms with E-state index in [0.717, 1.165) is 5.56 Å². The molecule has 0 aromatic heterocycles. The van der Waals surface area contributed by atoms with Crippen LogP contribution in [0.1, 0.15) is 31.9 Å². The molecule has 2 atom stereocenters. The first kappa shape index (κ1) is 30.0. The maximum Gasteiger partial charge on any atom is 0.270 e.